The first kappa shape index (κ1) is 23.8. The van der Waals surface area contributed by atoms with E-state index < -0.39 is 10.0 Å². The van der Waals surface area contributed by atoms with Crippen molar-refractivity contribution in [3.63, 3.8) is 0 Å². The molecule has 0 spiro atoms. The molecule has 3 atom stereocenters. The predicted molar refractivity (Wildman–Crippen MR) is 132 cm³/mol. The highest BCUT2D eigenvalue weighted by atomic mass is 35.5. The third kappa shape index (κ3) is 5.04. The lowest BCUT2D eigenvalue weighted by Gasteiger charge is -2.39. The molecule has 0 aliphatic carbocycles. The molecule has 0 amide bonds. The van der Waals surface area contributed by atoms with Crippen molar-refractivity contribution in [2.24, 2.45) is 0 Å². The number of hydrogen-bond donors (Lipinski definition) is 1. The summed E-state index contributed by atoms with van der Waals surface area (Å²) >= 11 is 13.8. The zero-order valence-electron chi connectivity index (χ0n) is 18.0. The number of benzene rings is 2. The number of fused-ring (bicyclic) bond motifs is 2. The number of halogens is 3. The minimum atomic E-state index is -3.80. The van der Waals surface area contributed by atoms with Crippen LogP contribution in [0.25, 0.3) is 0 Å². The zero-order chi connectivity index (χ0) is 23.9. The zero-order valence-corrected chi connectivity index (χ0v) is 21.1. The van der Waals surface area contributed by atoms with E-state index in [1.165, 1.54) is 29.5 Å². The van der Waals surface area contributed by atoms with Gasteiger partial charge in [-0.05, 0) is 62.1 Å². The van der Waals surface area contributed by atoms with E-state index in [0.717, 1.165) is 25.7 Å². The standard InChI is InChI=1S/C23H22Cl2FN3O3S2/c24-15-1-5-21(26)14(7-15)11-29-16-2-3-17(29)9-18(8-16)32-22-6-4-19(10-20(22)25)34(30,31)28-23-12-33-13-27-23/h1,4-7,10,12-13,16-18,28H,2-3,8-9,11H2/t16-,17+,18-. The molecule has 0 radical (unpaired) electrons. The number of nitrogens with one attached hydrogen (secondary N) is 1. The first-order valence-corrected chi connectivity index (χ1v) is 14.0. The summed E-state index contributed by atoms with van der Waals surface area (Å²) in [5.41, 5.74) is 2.15. The Kier molecular flexibility index (Phi) is 6.74. The number of nitrogens with zero attached hydrogens (tertiary/aromatic N) is 2. The number of piperidine rings is 1. The Morgan fingerprint density at radius 2 is 1.91 bits per heavy atom. The topological polar surface area (TPSA) is 71.5 Å². The number of rotatable bonds is 7. The van der Waals surface area contributed by atoms with Crippen molar-refractivity contribution in [2.45, 2.75) is 55.3 Å². The van der Waals surface area contributed by atoms with Gasteiger partial charge in [0.15, 0.2) is 5.82 Å². The monoisotopic (exact) mass is 541 g/mol. The van der Waals surface area contributed by atoms with Gasteiger partial charge >= 0.3 is 0 Å². The van der Waals surface area contributed by atoms with E-state index in [0.29, 0.717) is 22.9 Å². The Labute approximate surface area is 211 Å². The van der Waals surface area contributed by atoms with Crippen LogP contribution in [-0.2, 0) is 16.6 Å². The lowest BCUT2D eigenvalue weighted by atomic mass is 9.98. The predicted octanol–water partition coefficient (Wildman–Crippen LogP) is 5.96. The van der Waals surface area contributed by atoms with E-state index in [9.17, 15) is 12.8 Å². The van der Waals surface area contributed by atoms with Gasteiger partial charge in [0.2, 0.25) is 0 Å². The minimum absolute atomic E-state index is 0.0382. The number of aromatic nitrogens is 1. The van der Waals surface area contributed by atoms with Crippen molar-refractivity contribution in [1.29, 1.82) is 0 Å². The van der Waals surface area contributed by atoms with Crippen LogP contribution in [0.2, 0.25) is 10.0 Å². The molecule has 2 aliphatic rings. The van der Waals surface area contributed by atoms with Crippen LogP contribution in [-0.4, -0.2) is 36.5 Å². The van der Waals surface area contributed by atoms with Gasteiger partial charge in [-0.2, -0.15) is 0 Å². The van der Waals surface area contributed by atoms with E-state index in [1.54, 1.807) is 29.1 Å². The number of anilines is 1. The summed E-state index contributed by atoms with van der Waals surface area (Å²) < 4.78 is 48.1. The Bertz CT molecular complexity index is 1280. The highest BCUT2D eigenvalue weighted by Gasteiger charge is 2.41. The Hall–Kier alpha value is -1.91. The molecule has 5 rings (SSSR count). The van der Waals surface area contributed by atoms with Crippen molar-refractivity contribution in [1.82, 2.24) is 9.88 Å². The van der Waals surface area contributed by atoms with Crippen LogP contribution in [0.5, 0.6) is 5.75 Å². The normalized spacial score (nSPS) is 22.6. The van der Waals surface area contributed by atoms with Crippen molar-refractivity contribution in [3.8, 4) is 5.75 Å². The average molecular weight is 542 g/mol. The molecule has 11 heteroatoms. The fourth-order valence-electron chi connectivity index (χ4n) is 4.82. The van der Waals surface area contributed by atoms with Gasteiger partial charge in [-0.1, -0.05) is 23.2 Å². The van der Waals surface area contributed by atoms with E-state index in [2.05, 4.69) is 14.6 Å². The van der Waals surface area contributed by atoms with Crippen molar-refractivity contribution >= 4 is 50.4 Å². The molecule has 2 bridgehead atoms. The van der Waals surface area contributed by atoms with Gasteiger partial charge in [-0.15, -0.1) is 11.3 Å². The summed E-state index contributed by atoms with van der Waals surface area (Å²) in [4.78, 5) is 6.33. The van der Waals surface area contributed by atoms with Gasteiger partial charge in [-0.3, -0.25) is 9.62 Å². The summed E-state index contributed by atoms with van der Waals surface area (Å²) in [7, 11) is -3.80. The van der Waals surface area contributed by atoms with Gasteiger partial charge in [0.05, 0.1) is 15.4 Å². The van der Waals surface area contributed by atoms with Gasteiger partial charge in [0.1, 0.15) is 17.7 Å². The molecule has 0 unspecified atom stereocenters. The van der Waals surface area contributed by atoms with Crippen LogP contribution in [0.15, 0.2) is 52.2 Å². The van der Waals surface area contributed by atoms with E-state index >= 15 is 0 Å². The fraction of sp³-hybridized carbons (Fsp3) is 0.348. The van der Waals surface area contributed by atoms with Gasteiger partial charge < -0.3 is 4.74 Å². The quantitative estimate of drug-likeness (QED) is 0.399. The lowest BCUT2D eigenvalue weighted by Crippen LogP contribution is -2.45. The summed E-state index contributed by atoms with van der Waals surface area (Å²) in [5.74, 6) is 0.475. The molecule has 2 aliphatic heterocycles. The van der Waals surface area contributed by atoms with Crippen molar-refractivity contribution in [3.05, 3.63) is 68.7 Å². The van der Waals surface area contributed by atoms with E-state index in [-0.39, 0.29) is 39.7 Å². The first-order valence-electron chi connectivity index (χ1n) is 10.9. The second-order valence-electron chi connectivity index (χ2n) is 8.58. The van der Waals surface area contributed by atoms with Crippen LogP contribution >= 0.6 is 34.5 Å². The molecule has 1 aromatic heterocycles. The third-order valence-electron chi connectivity index (χ3n) is 6.38. The molecule has 3 heterocycles. The first-order chi connectivity index (χ1) is 16.3. The Balaban J connectivity index is 1.25. The van der Waals surface area contributed by atoms with Crippen LogP contribution in [0.1, 0.15) is 31.2 Å². The van der Waals surface area contributed by atoms with Gasteiger partial charge in [0, 0.05) is 34.6 Å². The largest absolute Gasteiger partial charge is 0.489 e. The van der Waals surface area contributed by atoms with Gasteiger partial charge in [-0.25, -0.2) is 17.8 Å². The third-order valence-corrected chi connectivity index (χ3v) is 8.85. The Morgan fingerprint density at radius 3 is 2.59 bits per heavy atom. The molecule has 3 aromatic rings. The molecule has 180 valence electrons. The number of ether oxygens (including phenoxy) is 1. The summed E-state index contributed by atoms with van der Waals surface area (Å²) in [6.07, 6.45) is 3.59. The van der Waals surface area contributed by atoms with Gasteiger partial charge in [0.25, 0.3) is 10.0 Å². The molecule has 6 nitrogen and oxygen atoms in total. The van der Waals surface area contributed by atoms with E-state index in [1.807, 2.05) is 0 Å². The number of thiazole rings is 1. The van der Waals surface area contributed by atoms with Crippen molar-refractivity contribution < 1.29 is 17.5 Å². The summed E-state index contributed by atoms with van der Waals surface area (Å²) in [5, 5.41) is 2.37. The lowest BCUT2D eigenvalue weighted by molar-refractivity contribution is 0.0439. The molecule has 2 aromatic carbocycles. The second-order valence-corrected chi connectivity index (χ2v) is 11.8. The van der Waals surface area contributed by atoms with Crippen LogP contribution in [0, 0.1) is 5.82 Å². The molecular formula is C23H22Cl2FN3O3S2. The molecule has 1 N–H and O–H groups in total. The average Bonchev–Trinajstić information content (AvgIpc) is 3.37. The number of hydrogen-bond acceptors (Lipinski definition) is 6. The maximum absolute atomic E-state index is 14.3. The van der Waals surface area contributed by atoms with Crippen LogP contribution in [0.3, 0.4) is 0 Å². The Morgan fingerprint density at radius 1 is 1.15 bits per heavy atom. The van der Waals surface area contributed by atoms with E-state index in [4.69, 9.17) is 27.9 Å². The maximum Gasteiger partial charge on any atom is 0.263 e. The van der Waals surface area contributed by atoms with Crippen LogP contribution < -0.4 is 9.46 Å². The molecule has 34 heavy (non-hydrogen) atoms. The SMILES string of the molecule is O=S(=O)(Nc1cscn1)c1ccc(O[C@@H]2C[C@H]3CC[C@@H](C2)N3Cc2cc(Cl)ccc2F)c(Cl)c1. The number of sulfonamides is 1. The smallest absolute Gasteiger partial charge is 0.263 e. The molecule has 0 saturated carbocycles. The molecule has 2 saturated heterocycles. The second kappa shape index (κ2) is 9.62. The summed E-state index contributed by atoms with van der Waals surface area (Å²) in [6, 6.07) is 9.67. The summed E-state index contributed by atoms with van der Waals surface area (Å²) in [6.45, 7) is 0.522. The minimum Gasteiger partial charge on any atom is -0.489 e. The highest BCUT2D eigenvalue weighted by Crippen LogP contribution is 2.40. The van der Waals surface area contributed by atoms with Crippen molar-refractivity contribution in [2.75, 3.05) is 4.72 Å². The highest BCUT2D eigenvalue weighted by molar-refractivity contribution is 7.92. The fourth-order valence-corrected chi connectivity index (χ4v) is 6.89. The molecular weight excluding hydrogens is 520 g/mol. The molecule has 2 fully saturated rings. The maximum atomic E-state index is 14.3. The van der Waals surface area contributed by atoms with Crippen LogP contribution in [0.4, 0.5) is 10.2 Å².